The zero-order chi connectivity index (χ0) is 10.7. The third-order valence-corrected chi connectivity index (χ3v) is 2.36. The van der Waals surface area contributed by atoms with E-state index >= 15 is 0 Å². The summed E-state index contributed by atoms with van der Waals surface area (Å²) in [7, 11) is 0. The molecule has 0 aliphatic heterocycles. The second-order valence-electron chi connectivity index (χ2n) is 3.59. The Hall–Kier alpha value is -1.62. The summed E-state index contributed by atoms with van der Waals surface area (Å²) in [4.78, 5) is 11.3. The third kappa shape index (κ3) is 2.24. The van der Waals surface area contributed by atoms with Gasteiger partial charge in [0.25, 0.3) is 0 Å². The number of H-pyrrole nitrogens is 1. The van der Waals surface area contributed by atoms with Gasteiger partial charge in [-0.25, -0.2) is 9.97 Å². The molecule has 0 fully saturated rings. The first-order valence-electron chi connectivity index (χ1n) is 5.01. The Labute approximate surface area is 88.4 Å². The maximum Gasteiger partial charge on any atom is 0.107 e. The van der Waals surface area contributed by atoms with E-state index in [1.165, 1.54) is 0 Å². The van der Waals surface area contributed by atoms with Crippen LogP contribution in [-0.4, -0.2) is 19.5 Å². The van der Waals surface area contributed by atoms with Gasteiger partial charge < -0.3 is 15.3 Å². The van der Waals surface area contributed by atoms with Gasteiger partial charge >= 0.3 is 0 Å². The summed E-state index contributed by atoms with van der Waals surface area (Å²) in [6, 6.07) is 0.0177. The number of nitrogens with two attached hydrogens (primary N) is 1. The Balaban J connectivity index is 2.02. The minimum absolute atomic E-state index is 0.0177. The van der Waals surface area contributed by atoms with E-state index in [0.717, 1.165) is 24.5 Å². The van der Waals surface area contributed by atoms with E-state index in [9.17, 15) is 0 Å². The van der Waals surface area contributed by atoms with Gasteiger partial charge in [0.1, 0.15) is 5.82 Å². The molecular formula is C10H15N5. The van der Waals surface area contributed by atoms with Crippen molar-refractivity contribution in [1.29, 1.82) is 0 Å². The van der Waals surface area contributed by atoms with Gasteiger partial charge in [-0.2, -0.15) is 0 Å². The van der Waals surface area contributed by atoms with Crippen molar-refractivity contribution in [3.8, 4) is 0 Å². The average Bonchev–Trinajstić information content (AvgIpc) is 2.86. The van der Waals surface area contributed by atoms with Crippen LogP contribution >= 0.6 is 0 Å². The summed E-state index contributed by atoms with van der Waals surface area (Å²) in [5.41, 5.74) is 6.88. The number of aromatic amines is 1. The van der Waals surface area contributed by atoms with E-state index in [-0.39, 0.29) is 6.04 Å². The first-order valence-corrected chi connectivity index (χ1v) is 5.01. The van der Waals surface area contributed by atoms with Crippen LogP contribution in [0.15, 0.2) is 24.9 Å². The number of nitrogens with zero attached hydrogens (tertiary/aromatic N) is 3. The molecule has 0 amide bonds. The average molecular weight is 205 g/mol. The minimum Gasteiger partial charge on any atom is -0.349 e. The monoisotopic (exact) mass is 205 g/mol. The largest absolute Gasteiger partial charge is 0.349 e. The molecule has 0 spiro atoms. The molecule has 0 aliphatic rings. The van der Waals surface area contributed by atoms with Crippen LogP contribution in [0.3, 0.4) is 0 Å². The molecule has 0 aromatic carbocycles. The molecule has 0 aliphatic carbocycles. The molecular weight excluding hydrogens is 190 g/mol. The van der Waals surface area contributed by atoms with E-state index in [0.29, 0.717) is 0 Å². The smallest absolute Gasteiger partial charge is 0.107 e. The maximum absolute atomic E-state index is 5.82. The zero-order valence-corrected chi connectivity index (χ0v) is 8.72. The Morgan fingerprint density at radius 2 is 2.47 bits per heavy atom. The molecule has 2 aromatic heterocycles. The molecule has 3 N–H and O–H groups in total. The molecule has 5 nitrogen and oxygen atoms in total. The molecule has 5 heteroatoms. The summed E-state index contributed by atoms with van der Waals surface area (Å²) >= 11 is 0. The predicted molar refractivity (Wildman–Crippen MR) is 57.1 cm³/mol. The maximum atomic E-state index is 5.82. The Morgan fingerprint density at radius 1 is 1.60 bits per heavy atom. The SMILES string of the molecule is CC(N)c1cncn1CCc1ncc[nH]1. The van der Waals surface area contributed by atoms with Gasteiger partial charge in [-0.15, -0.1) is 0 Å². The fraction of sp³-hybridized carbons (Fsp3) is 0.400. The van der Waals surface area contributed by atoms with Crippen LogP contribution in [-0.2, 0) is 13.0 Å². The summed E-state index contributed by atoms with van der Waals surface area (Å²) in [6.45, 7) is 2.81. The standard InChI is InChI=1S/C10H15N5/c1-8(11)9-6-12-7-15(9)5-2-10-13-3-4-14-10/h3-4,6-8H,2,5,11H2,1H3,(H,13,14). The van der Waals surface area contributed by atoms with Crippen molar-refractivity contribution in [3.05, 3.63) is 36.4 Å². The normalized spacial score (nSPS) is 12.9. The fourth-order valence-corrected chi connectivity index (χ4v) is 1.56. The molecule has 0 radical (unpaired) electrons. The van der Waals surface area contributed by atoms with Crippen molar-refractivity contribution in [2.45, 2.75) is 25.9 Å². The lowest BCUT2D eigenvalue weighted by Gasteiger charge is -2.09. The van der Waals surface area contributed by atoms with Crippen molar-refractivity contribution in [2.24, 2.45) is 5.73 Å². The molecule has 0 saturated carbocycles. The van der Waals surface area contributed by atoms with E-state index in [1.54, 1.807) is 6.20 Å². The summed E-state index contributed by atoms with van der Waals surface area (Å²) in [6.07, 6.45) is 8.07. The lowest BCUT2D eigenvalue weighted by atomic mass is 10.2. The molecule has 0 bridgehead atoms. The molecule has 2 aromatic rings. The Morgan fingerprint density at radius 3 is 3.13 bits per heavy atom. The molecule has 1 unspecified atom stereocenters. The summed E-state index contributed by atoms with van der Waals surface area (Å²) < 4.78 is 2.06. The number of hydrogen-bond acceptors (Lipinski definition) is 3. The van der Waals surface area contributed by atoms with Crippen LogP contribution in [0, 0.1) is 0 Å². The van der Waals surface area contributed by atoms with Crippen molar-refractivity contribution in [2.75, 3.05) is 0 Å². The quantitative estimate of drug-likeness (QED) is 0.777. The van der Waals surface area contributed by atoms with E-state index in [1.807, 2.05) is 25.6 Å². The van der Waals surface area contributed by atoms with Crippen LogP contribution < -0.4 is 5.73 Å². The highest BCUT2D eigenvalue weighted by atomic mass is 15.1. The highest BCUT2D eigenvalue weighted by Gasteiger charge is 2.06. The second-order valence-corrected chi connectivity index (χ2v) is 3.59. The van der Waals surface area contributed by atoms with Gasteiger partial charge in [0.15, 0.2) is 0 Å². The lowest BCUT2D eigenvalue weighted by Crippen LogP contribution is -2.13. The molecule has 15 heavy (non-hydrogen) atoms. The summed E-state index contributed by atoms with van der Waals surface area (Å²) in [5.74, 6) is 0.985. The minimum atomic E-state index is 0.0177. The Kier molecular flexibility index (Phi) is 2.82. The number of hydrogen-bond donors (Lipinski definition) is 2. The van der Waals surface area contributed by atoms with Gasteiger partial charge in [0, 0.05) is 37.6 Å². The predicted octanol–water partition coefficient (Wildman–Crippen LogP) is 0.869. The number of rotatable bonds is 4. The van der Waals surface area contributed by atoms with Gasteiger partial charge in [0.05, 0.1) is 12.0 Å². The van der Waals surface area contributed by atoms with E-state index in [4.69, 9.17) is 5.73 Å². The molecule has 2 rings (SSSR count). The number of aryl methyl sites for hydroxylation is 2. The van der Waals surface area contributed by atoms with Crippen LogP contribution in [0.4, 0.5) is 0 Å². The van der Waals surface area contributed by atoms with Gasteiger partial charge in [-0.05, 0) is 6.92 Å². The third-order valence-electron chi connectivity index (χ3n) is 2.36. The van der Waals surface area contributed by atoms with E-state index < -0.39 is 0 Å². The first kappa shape index (κ1) is 9.92. The van der Waals surface area contributed by atoms with Crippen molar-refractivity contribution in [1.82, 2.24) is 19.5 Å². The van der Waals surface area contributed by atoms with Gasteiger partial charge in [-0.3, -0.25) is 0 Å². The van der Waals surface area contributed by atoms with Gasteiger partial charge in [0.2, 0.25) is 0 Å². The first-order chi connectivity index (χ1) is 7.27. The Bertz CT molecular complexity index is 401. The molecule has 2 heterocycles. The molecule has 1 atom stereocenters. The van der Waals surface area contributed by atoms with Crippen LogP contribution in [0.1, 0.15) is 24.5 Å². The number of aromatic nitrogens is 4. The zero-order valence-electron chi connectivity index (χ0n) is 8.72. The van der Waals surface area contributed by atoms with Crippen molar-refractivity contribution < 1.29 is 0 Å². The number of imidazole rings is 2. The van der Waals surface area contributed by atoms with Gasteiger partial charge in [-0.1, -0.05) is 0 Å². The van der Waals surface area contributed by atoms with Crippen molar-refractivity contribution >= 4 is 0 Å². The summed E-state index contributed by atoms with van der Waals surface area (Å²) in [5, 5.41) is 0. The van der Waals surface area contributed by atoms with Crippen LogP contribution in [0.5, 0.6) is 0 Å². The van der Waals surface area contributed by atoms with Crippen molar-refractivity contribution in [3.63, 3.8) is 0 Å². The molecule has 0 saturated heterocycles. The second kappa shape index (κ2) is 4.27. The van der Waals surface area contributed by atoms with E-state index in [2.05, 4.69) is 19.5 Å². The number of nitrogens with one attached hydrogen (secondary N) is 1. The molecule has 80 valence electrons. The fourth-order valence-electron chi connectivity index (χ4n) is 1.56. The highest BCUT2D eigenvalue weighted by Crippen LogP contribution is 2.09. The topological polar surface area (TPSA) is 72.5 Å². The van der Waals surface area contributed by atoms with Crippen LogP contribution in [0.25, 0.3) is 0 Å². The highest BCUT2D eigenvalue weighted by molar-refractivity contribution is 5.03. The lowest BCUT2D eigenvalue weighted by molar-refractivity contribution is 0.614. The van der Waals surface area contributed by atoms with Crippen LogP contribution in [0.2, 0.25) is 0 Å².